The zero-order valence-corrected chi connectivity index (χ0v) is 17.9. The lowest BCUT2D eigenvalue weighted by Crippen LogP contribution is -2.39. The van der Waals surface area contributed by atoms with E-state index in [1.54, 1.807) is 13.4 Å². The van der Waals surface area contributed by atoms with Crippen LogP contribution in [-0.4, -0.2) is 44.3 Å². The van der Waals surface area contributed by atoms with Crippen LogP contribution in [0.2, 0.25) is 0 Å². The maximum Gasteiger partial charge on any atom is 0.191 e. The van der Waals surface area contributed by atoms with E-state index in [0.717, 1.165) is 37.7 Å². The highest BCUT2D eigenvalue weighted by Crippen LogP contribution is 2.17. The van der Waals surface area contributed by atoms with Crippen LogP contribution in [0.25, 0.3) is 10.9 Å². The highest BCUT2D eigenvalue weighted by atomic mass is 127. The number of nitrogens with one attached hydrogen (secondary N) is 3. The number of hydrogen-bond donors (Lipinski definition) is 3. The number of aromatic nitrogens is 1. The Morgan fingerprint density at radius 3 is 2.70 bits per heavy atom. The normalized spacial score (nSPS) is 11.4. The minimum atomic E-state index is 0. The number of halogens is 1. The fraction of sp³-hybridized carbons (Fsp3) is 0.350. The summed E-state index contributed by atoms with van der Waals surface area (Å²) in [6.45, 7) is 2.80. The number of hydrogen-bond acceptors (Lipinski definition) is 3. The summed E-state index contributed by atoms with van der Waals surface area (Å²) >= 11 is 0. The number of nitrogens with zero attached hydrogens (tertiary/aromatic N) is 1. The third-order valence-electron chi connectivity index (χ3n) is 4.17. The van der Waals surface area contributed by atoms with Gasteiger partial charge in [0, 0.05) is 43.7 Å². The third kappa shape index (κ3) is 6.59. The van der Waals surface area contributed by atoms with Crippen molar-refractivity contribution in [1.82, 2.24) is 15.6 Å². The van der Waals surface area contributed by atoms with Gasteiger partial charge in [0.2, 0.25) is 0 Å². The average Bonchev–Trinajstić information content (AvgIpc) is 3.32. The summed E-state index contributed by atoms with van der Waals surface area (Å²) in [5, 5.41) is 8.03. The molecule has 27 heavy (non-hydrogen) atoms. The molecule has 2 aromatic heterocycles. The van der Waals surface area contributed by atoms with Gasteiger partial charge in [0.05, 0.1) is 19.4 Å². The fourth-order valence-electron chi connectivity index (χ4n) is 2.84. The minimum Gasteiger partial charge on any atom is -0.469 e. The second-order valence-corrected chi connectivity index (χ2v) is 6.02. The Labute approximate surface area is 176 Å². The number of guanidine groups is 1. The standard InChI is InChI=1S/C20H26N4O2.HI/c1-25-14-12-23-20(22-11-9-17-5-4-13-26-17)21-10-8-16-15-24-19-7-3-2-6-18(16)19;/h2-7,13,15,24H,8-12,14H2,1H3,(H2,21,22,23);1H. The maximum atomic E-state index is 5.36. The molecule has 0 aliphatic carbocycles. The van der Waals surface area contributed by atoms with Gasteiger partial charge in [-0.1, -0.05) is 18.2 Å². The molecule has 6 nitrogen and oxygen atoms in total. The lowest BCUT2D eigenvalue weighted by atomic mass is 10.1. The molecule has 7 heteroatoms. The number of methoxy groups -OCH3 is 1. The molecule has 0 amide bonds. The van der Waals surface area contributed by atoms with Crippen molar-refractivity contribution in [1.29, 1.82) is 0 Å². The molecule has 0 atom stereocenters. The van der Waals surface area contributed by atoms with Gasteiger partial charge in [-0.3, -0.25) is 4.99 Å². The Bertz CT molecular complexity index is 814. The summed E-state index contributed by atoms with van der Waals surface area (Å²) in [7, 11) is 1.68. The van der Waals surface area contributed by atoms with E-state index >= 15 is 0 Å². The smallest absolute Gasteiger partial charge is 0.191 e. The van der Waals surface area contributed by atoms with Crippen LogP contribution in [0.1, 0.15) is 11.3 Å². The average molecular weight is 482 g/mol. The summed E-state index contributed by atoms with van der Waals surface area (Å²) < 4.78 is 10.4. The van der Waals surface area contributed by atoms with Crippen LogP contribution in [-0.2, 0) is 17.6 Å². The molecule has 3 N–H and O–H groups in total. The Morgan fingerprint density at radius 2 is 1.93 bits per heavy atom. The first-order valence-electron chi connectivity index (χ1n) is 8.95. The Morgan fingerprint density at radius 1 is 1.11 bits per heavy atom. The van der Waals surface area contributed by atoms with Crippen LogP contribution >= 0.6 is 24.0 Å². The maximum absolute atomic E-state index is 5.36. The van der Waals surface area contributed by atoms with Crippen molar-refractivity contribution >= 4 is 40.8 Å². The van der Waals surface area contributed by atoms with Crippen LogP contribution in [0.5, 0.6) is 0 Å². The van der Waals surface area contributed by atoms with Crippen molar-refractivity contribution in [2.75, 3.05) is 33.4 Å². The molecule has 0 radical (unpaired) electrons. The minimum absolute atomic E-state index is 0. The zero-order valence-electron chi connectivity index (χ0n) is 15.5. The molecule has 0 fully saturated rings. The van der Waals surface area contributed by atoms with E-state index in [9.17, 15) is 0 Å². The van der Waals surface area contributed by atoms with E-state index in [1.165, 1.54) is 16.5 Å². The molecule has 146 valence electrons. The molecule has 0 aliphatic rings. The molecule has 2 heterocycles. The Balaban J connectivity index is 0.00000261. The second-order valence-electron chi connectivity index (χ2n) is 6.02. The van der Waals surface area contributed by atoms with Crippen LogP contribution in [0, 0.1) is 0 Å². The van der Waals surface area contributed by atoms with Crippen molar-refractivity contribution in [3.05, 3.63) is 60.2 Å². The number of H-pyrrole nitrogens is 1. The van der Waals surface area contributed by atoms with Crippen molar-refractivity contribution < 1.29 is 9.15 Å². The molecule has 1 aromatic carbocycles. The van der Waals surface area contributed by atoms with Crippen LogP contribution < -0.4 is 10.6 Å². The molecule has 0 aliphatic heterocycles. The Hall–Kier alpha value is -2.00. The predicted molar refractivity (Wildman–Crippen MR) is 120 cm³/mol. The number of para-hydroxylation sites is 1. The van der Waals surface area contributed by atoms with Gasteiger partial charge in [0.15, 0.2) is 5.96 Å². The first-order chi connectivity index (χ1) is 12.9. The number of benzene rings is 1. The molecule has 3 rings (SSSR count). The van der Waals surface area contributed by atoms with Gasteiger partial charge >= 0.3 is 0 Å². The molecule has 0 saturated carbocycles. The summed E-state index contributed by atoms with van der Waals surface area (Å²) in [5.74, 6) is 1.76. The van der Waals surface area contributed by atoms with Crippen LogP contribution in [0.3, 0.4) is 0 Å². The van der Waals surface area contributed by atoms with Crippen molar-refractivity contribution in [2.24, 2.45) is 4.99 Å². The summed E-state index contributed by atoms with van der Waals surface area (Å²) in [4.78, 5) is 7.86. The molecular formula is C20H27IN4O2. The van der Waals surface area contributed by atoms with Gasteiger partial charge in [-0.15, -0.1) is 24.0 Å². The first kappa shape index (κ1) is 21.3. The monoisotopic (exact) mass is 482 g/mol. The van der Waals surface area contributed by atoms with Crippen molar-refractivity contribution in [3.8, 4) is 0 Å². The molecule has 0 unspecified atom stereocenters. The van der Waals surface area contributed by atoms with E-state index in [2.05, 4.69) is 45.0 Å². The largest absolute Gasteiger partial charge is 0.469 e. The molecule has 3 aromatic rings. The van der Waals surface area contributed by atoms with Gasteiger partial charge in [0.25, 0.3) is 0 Å². The van der Waals surface area contributed by atoms with E-state index in [0.29, 0.717) is 13.2 Å². The molecular weight excluding hydrogens is 455 g/mol. The van der Waals surface area contributed by atoms with Crippen molar-refractivity contribution in [2.45, 2.75) is 12.8 Å². The quantitative estimate of drug-likeness (QED) is 0.189. The Kier molecular flexibility index (Phi) is 9.20. The van der Waals surface area contributed by atoms with E-state index in [-0.39, 0.29) is 24.0 Å². The summed E-state index contributed by atoms with van der Waals surface area (Å²) in [5.41, 5.74) is 2.48. The number of aliphatic imine (C=N–C) groups is 1. The second kappa shape index (κ2) is 11.7. The first-order valence-corrected chi connectivity index (χ1v) is 8.95. The van der Waals surface area contributed by atoms with Gasteiger partial charge < -0.3 is 24.8 Å². The predicted octanol–water partition coefficient (Wildman–Crippen LogP) is 3.35. The lowest BCUT2D eigenvalue weighted by Gasteiger charge is -2.12. The number of furan rings is 1. The SMILES string of the molecule is COCCN=C(NCCc1ccco1)NCCc1c[nH]c2ccccc12.I. The van der Waals surface area contributed by atoms with Crippen LogP contribution in [0.4, 0.5) is 0 Å². The van der Waals surface area contributed by atoms with Gasteiger partial charge in [-0.25, -0.2) is 0 Å². The number of aromatic amines is 1. The van der Waals surface area contributed by atoms with Crippen molar-refractivity contribution in [3.63, 3.8) is 0 Å². The summed E-state index contributed by atoms with van der Waals surface area (Å²) in [6.07, 6.45) is 5.52. The third-order valence-corrected chi connectivity index (χ3v) is 4.17. The van der Waals surface area contributed by atoms with Gasteiger partial charge in [0.1, 0.15) is 5.76 Å². The fourth-order valence-corrected chi connectivity index (χ4v) is 2.84. The zero-order chi connectivity index (χ0) is 18.0. The number of fused-ring (bicyclic) bond motifs is 1. The van der Waals surface area contributed by atoms with Crippen LogP contribution in [0.15, 0.2) is 58.3 Å². The topological polar surface area (TPSA) is 74.6 Å². The van der Waals surface area contributed by atoms with E-state index in [4.69, 9.17) is 9.15 Å². The summed E-state index contributed by atoms with van der Waals surface area (Å²) in [6, 6.07) is 12.2. The number of ether oxygens (including phenoxy) is 1. The lowest BCUT2D eigenvalue weighted by molar-refractivity contribution is 0.208. The highest BCUT2D eigenvalue weighted by molar-refractivity contribution is 14.0. The highest BCUT2D eigenvalue weighted by Gasteiger charge is 2.04. The number of rotatable bonds is 9. The molecule has 0 bridgehead atoms. The van der Waals surface area contributed by atoms with Gasteiger partial charge in [-0.05, 0) is 30.2 Å². The molecule has 0 saturated heterocycles. The molecule has 0 spiro atoms. The van der Waals surface area contributed by atoms with E-state index < -0.39 is 0 Å². The van der Waals surface area contributed by atoms with Gasteiger partial charge in [-0.2, -0.15) is 0 Å². The van der Waals surface area contributed by atoms with E-state index in [1.807, 2.05) is 18.2 Å².